The van der Waals surface area contributed by atoms with Crippen molar-refractivity contribution in [1.82, 2.24) is 10.3 Å². The van der Waals surface area contributed by atoms with Crippen LogP contribution in [-0.2, 0) is 11.3 Å². The van der Waals surface area contributed by atoms with Gasteiger partial charge in [-0.05, 0) is 25.8 Å². The molecule has 0 unspecified atom stereocenters. The van der Waals surface area contributed by atoms with Crippen LogP contribution in [0.3, 0.4) is 0 Å². The van der Waals surface area contributed by atoms with Crippen molar-refractivity contribution in [3.8, 4) is 0 Å². The van der Waals surface area contributed by atoms with Gasteiger partial charge in [-0.3, -0.25) is 4.79 Å². The number of nitrogens with two attached hydrogens (primary N) is 1. The lowest BCUT2D eigenvalue weighted by Crippen LogP contribution is -2.23. The van der Waals surface area contributed by atoms with Gasteiger partial charge >= 0.3 is 0 Å². The van der Waals surface area contributed by atoms with Crippen LogP contribution in [0.25, 0.3) is 0 Å². The fourth-order valence-electron chi connectivity index (χ4n) is 1.50. The van der Waals surface area contributed by atoms with Crippen molar-refractivity contribution in [1.29, 1.82) is 0 Å². The number of hydrogen-bond acceptors (Lipinski definition) is 4. The summed E-state index contributed by atoms with van der Waals surface area (Å²) in [4.78, 5) is 15.8. The van der Waals surface area contributed by atoms with Gasteiger partial charge in [0.05, 0.1) is 12.2 Å². The van der Waals surface area contributed by atoms with Crippen LogP contribution >= 0.6 is 36.2 Å². The molecule has 4 nitrogen and oxygen atoms in total. The van der Waals surface area contributed by atoms with Gasteiger partial charge in [0.25, 0.3) is 0 Å². The van der Waals surface area contributed by atoms with Crippen molar-refractivity contribution < 1.29 is 4.79 Å². The smallest absolute Gasteiger partial charge is 0.220 e. The van der Waals surface area contributed by atoms with Gasteiger partial charge in [0.15, 0.2) is 0 Å². The molecule has 0 radical (unpaired) electrons. The Morgan fingerprint density at radius 1 is 1.50 bits per heavy atom. The number of hydrogen-bond donors (Lipinski definition) is 2. The van der Waals surface area contributed by atoms with Gasteiger partial charge in [0.2, 0.25) is 5.91 Å². The minimum Gasteiger partial charge on any atom is -0.350 e. The Morgan fingerprint density at radius 2 is 2.22 bits per heavy atom. The number of carbonyl (C=O) groups excluding carboxylic acids is 1. The molecule has 0 bridgehead atoms. The fourth-order valence-corrected chi connectivity index (χ4v) is 2.31. The highest BCUT2D eigenvalue weighted by atomic mass is 35.5. The molecule has 0 saturated heterocycles. The molecule has 0 spiro atoms. The van der Waals surface area contributed by atoms with Gasteiger partial charge in [-0.15, -0.1) is 36.2 Å². The maximum absolute atomic E-state index is 11.3. The van der Waals surface area contributed by atoms with E-state index in [1.54, 1.807) is 11.3 Å². The summed E-state index contributed by atoms with van der Waals surface area (Å²) >= 11 is 1.63. The molecule has 1 aromatic rings. The van der Waals surface area contributed by atoms with E-state index in [1.807, 2.05) is 0 Å². The molecule has 18 heavy (non-hydrogen) atoms. The highest BCUT2D eigenvalue weighted by molar-refractivity contribution is 7.09. The maximum atomic E-state index is 11.3. The van der Waals surface area contributed by atoms with E-state index in [0.717, 1.165) is 11.4 Å². The molecule has 0 aromatic carbocycles. The van der Waals surface area contributed by atoms with Crippen molar-refractivity contribution >= 4 is 42.1 Å². The van der Waals surface area contributed by atoms with Gasteiger partial charge in [0, 0.05) is 17.7 Å². The monoisotopic (exact) mass is 311 g/mol. The molecule has 1 aliphatic carbocycles. The van der Waals surface area contributed by atoms with Crippen LogP contribution in [0.5, 0.6) is 0 Å². The quantitative estimate of drug-likeness (QED) is 0.846. The van der Waals surface area contributed by atoms with Crippen LogP contribution in [-0.4, -0.2) is 17.4 Å². The number of rotatable bonds is 6. The summed E-state index contributed by atoms with van der Waals surface area (Å²) in [7, 11) is 0. The summed E-state index contributed by atoms with van der Waals surface area (Å²) in [6.07, 6.45) is 3.80. The molecular weight excluding hydrogens is 293 g/mol. The van der Waals surface area contributed by atoms with Gasteiger partial charge in [-0.25, -0.2) is 4.98 Å². The Bertz CT molecular complexity index is 369. The normalized spacial score (nSPS) is 13.4. The Morgan fingerprint density at radius 3 is 2.83 bits per heavy atom. The van der Waals surface area contributed by atoms with Crippen LogP contribution < -0.4 is 11.1 Å². The topological polar surface area (TPSA) is 68.0 Å². The Hall–Kier alpha value is -0.360. The number of aromatic nitrogens is 1. The summed E-state index contributed by atoms with van der Waals surface area (Å²) in [5.74, 6) is 0.756. The first kappa shape index (κ1) is 17.6. The zero-order chi connectivity index (χ0) is 11.4. The second-order valence-electron chi connectivity index (χ2n) is 4.11. The van der Waals surface area contributed by atoms with Gasteiger partial charge in [-0.1, -0.05) is 0 Å². The van der Waals surface area contributed by atoms with E-state index in [9.17, 15) is 4.79 Å². The zero-order valence-electron chi connectivity index (χ0n) is 10.1. The predicted octanol–water partition coefficient (Wildman–Crippen LogP) is 2.22. The predicted molar refractivity (Wildman–Crippen MR) is 78.7 cm³/mol. The first-order chi connectivity index (χ1) is 7.79. The number of amides is 1. The summed E-state index contributed by atoms with van der Waals surface area (Å²) < 4.78 is 0. The molecule has 1 fully saturated rings. The van der Waals surface area contributed by atoms with E-state index in [4.69, 9.17) is 5.73 Å². The minimum atomic E-state index is 0. The Labute approximate surface area is 124 Å². The third kappa shape index (κ3) is 5.52. The number of carbonyl (C=O) groups is 1. The molecule has 1 aromatic heterocycles. The van der Waals surface area contributed by atoms with E-state index in [1.165, 1.54) is 18.5 Å². The van der Waals surface area contributed by atoms with Crippen LogP contribution in [0.4, 0.5) is 0 Å². The molecule has 1 aliphatic rings. The minimum absolute atomic E-state index is 0. The fraction of sp³-hybridized carbons (Fsp3) is 0.636. The lowest BCUT2D eigenvalue weighted by Gasteiger charge is -2.01. The SMILES string of the molecule is Cl.Cl.NCCCC(=O)NCc1nc(C2CC2)cs1. The van der Waals surface area contributed by atoms with Crippen molar-refractivity contribution in [2.75, 3.05) is 6.54 Å². The Balaban J connectivity index is 0.00000144. The van der Waals surface area contributed by atoms with E-state index in [-0.39, 0.29) is 30.7 Å². The van der Waals surface area contributed by atoms with Crippen molar-refractivity contribution in [2.45, 2.75) is 38.1 Å². The molecule has 104 valence electrons. The number of nitrogens with zero attached hydrogens (tertiary/aromatic N) is 1. The largest absolute Gasteiger partial charge is 0.350 e. The lowest BCUT2D eigenvalue weighted by atomic mass is 10.3. The first-order valence-electron chi connectivity index (χ1n) is 5.70. The first-order valence-corrected chi connectivity index (χ1v) is 6.58. The number of halogens is 2. The molecule has 1 amide bonds. The summed E-state index contributed by atoms with van der Waals surface area (Å²) in [6.45, 7) is 1.12. The van der Waals surface area contributed by atoms with E-state index < -0.39 is 0 Å². The molecule has 2 rings (SSSR count). The highest BCUT2D eigenvalue weighted by Gasteiger charge is 2.25. The van der Waals surface area contributed by atoms with Gasteiger partial charge < -0.3 is 11.1 Å². The Kier molecular flexibility index (Phi) is 8.52. The molecule has 0 atom stereocenters. The average Bonchev–Trinajstić information content (AvgIpc) is 3.03. The molecule has 0 aliphatic heterocycles. The summed E-state index contributed by atoms with van der Waals surface area (Å²) in [5, 5.41) is 5.97. The number of thiazole rings is 1. The third-order valence-electron chi connectivity index (χ3n) is 2.61. The average molecular weight is 312 g/mol. The lowest BCUT2D eigenvalue weighted by molar-refractivity contribution is -0.121. The molecule has 3 N–H and O–H groups in total. The van der Waals surface area contributed by atoms with Crippen LogP contribution in [0, 0.1) is 0 Å². The van der Waals surface area contributed by atoms with E-state index >= 15 is 0 Å². The van der Waals surface area contributed by atoms with Crippen molar-refractivity contribution in [3.05, 3.63) is 16.1 Å². The summed E-state index contributed by atoms with van der Waals surface area (Å²) in [6, 6.07) is 0. The molecule has 7 heteroatoms. The van der Waals surface area contributed by atoms with E-state index in [0.29, 0.717) is 25.4 Å². The van der Waals surface area contributed by atoms with Crippen LogP contribution in [0.1, 0.15) is 42.3 Å². The van der Waals surface area contributed by atoms with Crippen LogP contribution in [0.15, 0.2) is 5.38 Å². The van der Waals surface area contributed by atoms with Gasteiger partial charge in [-0.2, -0.15) is 0 Å². The second-order valence-corrected chi connectivity index (χ2v) is 5.05. The zero-order valence-corrected chi connectivity index (χ0v) is 12.5. The highest BCUT2D eigenvalue weighted by Crippen LogP contribution is 2.40. The molecule has 1 saturated carbocycles. The van der Waals surface area contributed by atoms with Gasteiger partial charge in [0.1, 0.15) is 5.01 Å². The van der Waals surface area contributed by atoms with Crippen LogP contribution in [0.2, 0.25) is 0 Å². The standard InChI is InChI=1S/C11H17N3OS.2ClH/c12-5-1-2-10(15)13-6-11-14-9(7-16-11)8-3-4-8;;/h7-8H,1-6,12H2,(H,13,15);2*1H. The molecule has 1 heterocycles. The maximum Gasteiger partial charge on any atom is 0.220 e. The second kappa shape index (κ2) is 8.69. The summed E-state index contributed by atoms with van der Waals surface area (Å²) in [5.41, 5.74) is 6.54. The van der Waals surface area contributed by atoms with Crippen molar-refractivity contribution in [2.24, 2.45) is 5.73 Å². The van der Waals surface area contributed by atoms with E-state index in [2.05, 4.69) is 15.7 Å². The number of nitrogens with one attached hydrogen (secondary N) is 1. The molecular formula is C11H19Cl2N3OS. The third-order valence-corrected chi connectivity index (χ3v) is 3.48. The van der Waals surface area contributed by atoms with Crippen molar-refractivity contribution in [3.63, 3.8) is 0 Å².